The molecule has 0 fully saturated rings. The Labute approximate surface area is 68.1 Å². The first-order valence-corrected chi connectivity index (χ1v) is 5.22. The third kappa shape index (κ3) is 2.96. The molecule has 0 bridgehead atoms. The number of aliphatic hydroxyl groups is 1. The van der Waals surface area contributed by atoms with Gasteiger partial charge < -0.3 is 5.11 Å². The maximum absolute atomic E-state index is 10.4. The molecule has 0 spiro atoms. The fraction of sp³-hybridized carbons (Fsp3) is 1.00. The highest BCUT2D eigenvalue weighted by molar-refractivity contribution is 9.09. The molecular formula is C4H9BrO4S. The monoisotopic (exact) mass is 232 g/mol. The molecule has 10 heavy (non-hydrogen) atoms. The quantitative estimate of drug-likeness (QED) is 0.532. The van der Waals surface area contributed by atoms with E-state index in [0.29, 0.717) is 0 Å². The summed E-state index contributed by atoms with van der Waals surface area (Å²) in [5, 5.41) is 7.68. The Bertz CT molecular complexity index is 185. The maximum atomic E-state index is 10.4. The molecule has 0 rings (SSSR count). The highest BCUT2D eigenvalue weighted by Gasteiger charge is 2.26. The third-order valence-electron chi connectivity index (χ3n) is 1.07. The van der Waals surface area contributed by atoms with E-state index in [4.69, 9.17) is 9.66 Å². The fourth-order valence-corrected chi connectivity index (χ4v) is 2.66. The molecule has 62 valence electrons. The molecule has 0 amide bonds. The summed E-state index contributed by atoms with van der Waals surface area (Å²) in [5.74, 6) is 0. The van der Waals surface area contributed by atoms with Crippen LogP contribution < -0.4 is 0 Å². The van der Waals surface area contributed by atoms with Gasteiger partial charge in [-0.25, -0.2) is 0 Å². The van der Waals surface area contributed by atoms with E-state index in [0.717, 1.165) is 0 Å². The van der Waals surface area contributed by atoms with Crippen molar-refractivity contribution in [3.8, 4) is 0 Å². The second kappa shape index (κ2) is 3.66. The summed E-state index contributed by atoms with van der Waals surface area (Å²) in [4.78, 5) is 0. The molecule has 0 saturated carbocycles. The van der Waals surface area contributed by atoms with Gasteiger partial charge in [0.15, 0.2) is 0 Å². The summed E-state index contributed by atoms with van der Waals surface area (Å²) in [6.07, 6.45) is -1.06. The van der Waals surface area contributed by atoms with Crippen molar-refractivity contribution in [2.45, 2.75) is 18.3 Å². The van der Waals surface area contributed by atoms with Crippen LogP contribution in [0.15, 0.2) is 0 Å². The van der Waals surface area contributed by atoms with Crippen molar-refractivity contribution in [1.29, 1.82) is 0 Å². The van der Waals surface area contributed by atoms with Gasteiger partial charge in [-0.05, 0) is 6.92 Å². The summed E-state index contributed by atoms with van der Waals surface area (Å²) in [6, 6.07) is 0. The Morgan fingerprint density at radius 3 is 2.00 bits per heavy atom. The van der Waals surface area contributed by atoms with E-state index in [1.165, 1.54) is 6.92 Å². The Kier molecular flexibility index (Phi) is 3.79. The summed E-state index contributed by atoms with van der Waals surface area (Å²) in [7, 11) is -4.11. The molecule has 2 N–H and O–H groups in total. The lowest BCUT2D eigenvalue weighted by Crippen LogP contribution is -2.32. The standard InChI is InChI=1S/C4H9BrO4S/c1-3(6)4(2-5)10(7,8)9/h3-4,6H,2H2,1H3,(H,7,8,9). The van der Waals surface area contributed by atoms with Crippen molar-refractivity contribution in [2.75, 3.05) is 5.33 Å². The summed E-state index contributed by atoms with van der Waals surface area (Å²) in [5.41, 5.74) is 0. The highest BCUT2D eigenvalue weighted by Crippen LogP contribution is 2.07. The first-order chi connectivity index (χ1) is 4.39. The van der Waals surface area contributed by atoms with Crippen LogP contribution in [0.1, 0.15) is 6.92 Å². The van der Waals surface area contributed by atoms with Gasteiger partial charge in [-0.15, -0.1) is 0 Å². The Hall–Kier alpha value is 0.350. The molecule has 0 aromatic heterocycles. The van der Waals surface area contributed by atoms with Gasteiger partial charge in [0, 0.05) is 5.33 Å². The van der Waals surface area contributed by atoms with Crippen LogP contribution in [0.25, 0.3) is 0 Å². The number of halogens is 1. The van der Waals surface area contributed by atoms with Crippen LogP contribution in [0.3, 0.4) is 0 Å². The Morgan fingerprint density at radius 1 is 1.60 bits per heavy atom. The molecule has 0 saturated heterocycles. The van der Waals surface area contributed by atoms with E-state index >= 15 is 0 Å². The van der Waals surface area contributed by atoms with E-state index in [-0.39, 0.29) is 5.33 Å². The number of aliphatic hydroxyl groups excluding tert-OH is 1. The van der Waals surface area contributed by atoms with Crippen LogP contribution in [0.2, 0.25) is 0 Å². The van der Waals surface area contributed by atoms with Gasteiger partial charge in [0.1, 0.15) is 5.25 Å². The zero-order valence-corrected chi connectivity index (χ0v) is 7.76. The minimum Gasteiger partial charge on any atom is -0.392 e. The van der Waals surface area contributed by atoms with Gasteiger partial charge in [-0.3, -0.25) is 4.55 Å². The van der Waals surface area contributed by atoms with Gasteiger partial charge in [0.2, 0.25) is 0 Å². The topological polar surface area (TPSA) is 74.6 Å². The van der Waals surface area contributed by atoms with Crippen LogP contribution in [0, 0.1) is 0 Å². The minimum absolute atomic E-state index is 0.0312. The summed E-state index contributed by atoms with van der Waals surface area (Å²) in [6.45, 7) is 1.31. The van der Waals surface area contributed by atoms with E-state index < -0.39 is 21.5 Å². The first-order valence-electron chi connectivity index (χ1n) is 2.60. The van der Waals surface area contributed by atoms with Crippen LogP contribution in [-0.4, -0.2) is 34.8 Å². The van der Waals surface area contributed by atoms with E-state index in [1.807, 2.05) is 0 Å². The van der Waals surface area contributed by atoms with Gasteiger partial charge in [-0.2, -0.15) is 8.42 Å². The SMILES string of the molecule is CC(O)C(CBr)S(=O)(=O)O. The van der Waals surface area contributed by atoms with Crippen LogP contribution in [0.5, 0.6) is 0 Å². The second-order valence-electron chi connectivity index (χ2n) is 1.95. The van der Waals surface area contributed by atoms with Crippen molar-refractivity contribution in [1.82, 2.24) is 0 Å². The number of alkyl halides is 1. The lowest BCUT2D eigenvalue weighted by molar-refractivity contribution is 0.191. The largest absolute Gasteiger partial charge is 0.392 e. The molecule has 0 aromatic carbocycles. The van der Waals surface area contributed by atoms with E-state index in [2.05, 4.69) is 15.9 Å². The smallest absolute Gasteiger partial charge is 0.271 e. The lowest BCUT2D eigenvalue weighted by atomic mass is 10.3. The van der Waals surface area contributed by atoms with E-state index in [9.17, 15) is 8.42 Å². The highest BCUT2D eigenvalue weighted by atomic mass is 79.9. The molecule has 0 aliphatic rings. The fourth-order valence-electron chi connectivity index (χ4n) is 0.457. The van der Waals surface area contributed by atoms with Gasteiger partial charge >= 0.3 is 0 Å². The third-order valence-corrected chi connectivity index (χ3v) is 3.52. The van der Waals surface area contributed by atoms with Crippen LogP contribution in [-0.2, 0) is 10.1 Å². The van der Waals surface area contributed by atoms with Crippen LogP contribution >= 0.6 is 15.9 Å². The molecule has 0 aromatic rings. The predicted molar refractivity (Wildman–Crippen MR) is 40.8 cm³/mol. The minimum atomic E-state index is -4.11. The molecule has 6 heteroatoms. The normalized spacial score (nSPS) is 18.4. The summed E-state index contributed by atoms with van der Waals surface area (Å²) < 4.78 is 29.2. The zero-order valence-electron chi connectivity index (χ0n) is 5.36. The number of hydrogen-bond donors (Lipinski definition) is 2. The van der Waals surface area contributed by atoms with Crippen molar-refractivity contribution in [3.63, 3.8) is 0 Å². The average molecular weight is 233 g/mol. The molecule has 0 aliphatic carbocycles. The lowest BCUT2D eigenvalue weighted by Gasteiger charge is -2.12. The zero-order chi connectivity index (χ0) is 8.36. The average Bonchev–Trinajstić information content (AvgIpc) is 1.60. The van der Waals surface area contributed by atoms with E-state index in [1.54, 1.807) is 0 Å². The maximum Gasteiger partial charge on any atom is 0.271 e. The molecule has 2 unspecified atom stereocenters. The van der Waals surface area contributed by atoms with Crippen molar-refractivity contribution < 1.29 is 18.1 Å². The first kappa shape index (κ1) is 10.3. The van der Waals surface area contributed by atoms with Gasteiger partial charge in [0.25, 0.3) is 10.1 Å². The Balaban J connectivity index is 4.38. The second-order valence-corrected chi connectivity index (χ2v) is 4.23. The molecule has 0 radical (unpaired) electrons. The molecule has 0 aliphatic heterocycles. The van der Waals surface area contributed by atoms with Crippen molar-refractivity contribution in [3.05, 3.63) is 0 Å². The number of rotatable bonds is 3. The Morgan fingerprint density at radius 2 is 2.00 bits per heavy atom. The molecule has 0 heterocycles. The van der Waals surface area contributed by atoms with Gasteiger partial charge in [0.05, 0.1) is 6.10 Å². The van der Waals surface area contributed by atoms with Crippen LogP contribution in [0.4, 0.5) is 0 Å². The predicted octanol–water partition coefficient (Wildman–Crippen LogP) is 0.0185. The van der Waals surface area contributed by atoms with Crippen molar-refractivity contribution >= 4 is 26.0 Å². The molecular weight excluding hydrogens is 224 g/mol. The summed E-state index contributed by atoms with van der Waals surface area (Å²) >= 11 is 2.85. The number of hydrogen-bond acceptors (Lipinski definition) is 3. The molecule has 2 atom stereocenters. The van der Waals surface area contributed by atoms with Gasteiger partial charge in [-0.1, -0.05) is 15.9 Å². The molecule has 4 nitrogen and oxygen atoms in total. The van der Waals surface area contributed by atoms with Crippen molar-refractivity contribution in [2.24, 2.45) is 0 Å².